The van der Waals surface area contributed by atoms with Gasteiger partial charge in [-0.05, 0) is 45.2 Å². The third kappa shape index (κ3) is 5.33. The summed E-state index contributed by atoms with van der Waals surface area (Å²) in [6.45, 7) is 2.83. The normalized spacial score (nSPS) is 25.7. The number of piperidine rings is 1. The van der Waals surface area contributed by atoms with E-state index in [1.54, 1.807) is 0 Å². The van der Waals surface area contributed by atoms with Crippen LogP contribution in [0.5, 0.6) is 0 Å². The first-order chi connectivity index (χ1) is 11.0. The number of hydrogen-bond acceptors (Lipinski definition) is 3. The molecule has 1 N–H and O–H groups in total. The molecule has 2 heterocycles. The number of benzene rings is 1. The summed E-state index contributed by atoms with van der Waals surface area (Å²) in [5.74, 6) is 0.245. The van der Waals surface area contributed by atoms with Crippen LogP contribution in [0.15, 0.2) is 30.3 Å². The van der Waals surface area contributed by atoms with Crippen molar-refractivity contribution >= 4 is 30.7 Å². The Hall–Kier alpha value is -0.810. The van der Waals surface area contributed by atoms with Gasteiger partial charge in [-0.15, -0.1) is 24.8 Å². The molecule has 1 aromatic rings. The Labute approximate surface area is 164 Å². The first-order valence-corrected chi connectivity index (χ1v) is 8.81. The minimum Gasteiger partial charge on any atom is -0.341 e. The molecule has 2 aliphatic rings. The zero-order valence-electron chi connectivity index (χ0n) is 15.4. The SMILES string of the molecule is CC(C(=O)N(C)C1CC2CCC(C1)N2)N(C)Cc1ccccc1.Cl.Cl. The number of hydrogen-bond donors (Lipinski definition) is 1. The van der Waals surface area contributed by atoms with Gasteiger partial charge in [0, 0.05) is 31.7 Å². The number of halogens is 2. The fourth-order valence-corrected chi connectivity index (χ4v) is 4.01. The molecule has 0 radical (unpaired) electrons. The summed E-state index contributed by atoms with van der Waals surface area (Å²) in [5, 5.41) is 3.65. The van der Waals surface area contributed by atoms with E-state index in [4.69, 9.17) is 0 Å². The van der Waals surface area contributed by atoms with Crippen molar-refractivity contribution in [2.75, 3.05) is 14.1 Å². The van der Waals surface area contributed by atoms with E-state index >= 15 is 0 Å². The minimum absolute atomic E-state index is 0. The maximum Gasteiger partial charge on any atom is 0.239 e. The lowest BCUT2D eigenvalue weighted by Crippen LogP contribution is -2.52. The summed E-state index contributed by atoms with van der Waals surface area (Å²) in [5.41, 5.74) is 1.25. The summed E-state index contributed by atoms with van der Waals surface area (Å²) in [6, 6.07) is 11.9. The molecule has 4 nitrogen and oxygen atoms in total. The first kappa shape index (κ1) is 22.2. The third-order valence-electron chi connectivity index (χ3n) is 5.64. The number of fused-ring (bicyclic) bond motifs is 2. The summed E-state index contributed by atoms with van der Waals surface area (Å²) in [4.78, 5) is 17.0. The lowest BCUT2D eigenvalue weighted by Gasteiger charge is -2.38. The van der Waals surface area contributed by atoms with E-state index in [-0.39, 0.29) is 36.8 Å². The van der Waals surface area contributed by atoms with Gasteiger partial charge in [-0.3, -0.25) is 9.69 Å². The molecule has 0 spiro atoms. The number of carbonyl (C=O) groups excluding carboxylic acids is 1. The van der Waals surface area contributed by atoms with Gasteiger partial charge in [-0.1, -0.05) is 30.3 Å². The van der Waals surface area contributed by atoms with Crippen molar-refractivity contribution in [1.29, 1.82) is 0 Å². The number of likely N-dealkylation sites (N-methyl/N-ethyl adjacent to an activating group) is 2. The van der Waals surface area contributed by atoms with Gasteiger partial charge in [0.05, 0.1) is 6.04 Å². The molecular weight excluding hydrogens is 357 g/mol. The van der Waals surface area contributed by atoms with E-state index in [2.05, 4.69) is 22.3 Å². The average molecular weight is 388 g/mol. The van der Waals surface area contributed by atoms with Gasteiger partial charge < -0.3 is 10.2 Å². The average Bonchev–Trinajstić information content (AvgIpc) is 2.91. The molecule has 1 amide bonds. The molecule has 2 fully saturated rings. The van der Waals surface area contributed by atoms with Crippen LogP contribution in [0.25, 0.3) is 0 Å². The van der Waals surface area contributed by atoms with Crippen molar-refractivity contribution in [3.63, 3.8) is 0 Å². The molecule has 2 aliphatic heterocycles. The predicted molar refractivity (Wildman–Crippen MR) is 108 cm³/mol. The van der Waals surface area contributed by atoms with Gasteiger partial charge in [0.2, 0.25) is 5.91 Å². The quantitative estimate of drug-likeness (QED) is 0.842. The van der Waals surface area contributed by atoms with Crippen molar-refractivity contribution in [1.82, 2.24) is 15.1 Å². The van der Waals surface area contributed by atoms with Gasteiger partial charge in [0.25, 0.3) is 0 Å². The molecule has 6 heteroatoms. The number of rotatable bonds is 5. The molecule has 2 bridgehead atoms. The van der Waals surface area contributed by atoms with Crippen LogP contribution in [-0.4, -0.2) is 54.0 Å². The van der Waals surface area contributed by atoms with Crippen molar-refractivity contribution in [3.05, 3.63) is 35.9 Å². The largest absolute Gasteiger partial charge is 0.341 e. The Morgan fingerprint density at radius 1 is 1.12 bits per heavy atom. The van der Waals surface area contributed by atoms with Crippen LogP contribution in [0.3, 0.4) is 0 Å². The van der Waals surface area contributed by atoms with Gasteiger partial charge >= 0.3 is 0 Å². The number of amides is 1. The molecule has 3 unspecified atom stereocenters. The molecule has 1 aromatic carbocycles. The van der Waals surface area contributed by atoms with Gasteiger partial charge in [0.15, 0.2) is 0 Å². The third-order valence-corrected chi connectivity index (χ3v) is 5.64. The molecule has 3 atom stereocenters. The maximum atomic E-state index is 12.9. The number of carbonyl (C=O) groups is 1. The minimum atomic E-state index is -0.0901. The highest BCUT2D eigenvalue weighted by molar-refractivity contribution is 5.85. The molecule has 0 aliphatic carbocycles. The van der Waals surface area contributed by atoms with Crippen LogP contribution >= 0.6 is 24.8 Å². The molecule has 0 saturated carbocycles. The maximum absolute atomic E-state index is 12.9. The Kier molecular flexibility index (Phi) is 8.69. The van der Waals surface area contributed by atoms with Crippen LogP contribution < -0.4 is 5.32 Å². The second-order valence-corrected chi connectivity index (χ2v) is 7.29. The summed E-state index contributed by atoms with van der Waals surface area (Å²) >= 11 is 0. The molecule has 142 valence electrons. The fraction of sp³-hybridized carbons (Fsp3) is 0.632. The Morgan fingerprint density at radius 3 is 2.24 bits per heavy atom. The van der Waals surface area contributed by atoms with Crippen molar-refractivity contribution < 1.29 is 4.79 Å². The lowest BCUT2D eigenvalue weighted by molar-refractivity contribution is -0.137. The number of nitrogens with one attached hydrogen (secondary N) is 1. The van der Waals surface area contributed by atoms with Gasteiger partial charge in [-0.2, -0.15) is 0 Å². The van der Waals surface area contributed by atoms with E-state index in [0.717, 1.165) is 19.4 Å². The standard InChI is InChI=1S/C19H29N3O.2ClH/c1-14(21(2)13-15-7-5-4-6-8-15)19(23)22(3)18-11-16-9-10-17(12-18)20-16;;/h4-8,14,16-18,20H,9-13H2,1-3H3;2*1H. The monoisotopic (exact) mass is 387 g/mol. The molecular formula is C19H31Cl2N3O. The van der Waals surface area contributed by atoms with Crippen molar-refractivity contribution in [2.45, 2.75) is 63.3 Å². The summed E-state index contributed by atoms with van der Waals surface area (Å²) in [7, 11) is 4.03. The van der Waals surface area contributed by atoms with E-state index in [9.17, 15) is 4.79 Å². The van der Waals surface area contributed by atoms with Crippen LogP contribution in [0.4, 0.5) is 0 Å². The molecule has 0 aromatic heterocycles. The lowest BCUT2D eigenvalue weighted by atomic mass is 9.98. The Balaban J connectivity index is 0.00000156. The first-order valence-electron chi connectivity index (χ1n) is 8.81. The summed E-state index contributed by atoms with van der Waals surface area (Å²) in [6.07, 6.45) is 4.75. The van der Waals surface area contributed by atoms with Crippen molar-refractivity contribution in [2.24, 2.45) is 0 Å². The van der Waals surface area contributed by atoms with Crippen LogP contribution in [-0.2, 0) is 11.3 Å². The van der Waals surface area contributed by atoms with E-state index in [0.29, 0.717) is 18.1 Å². The molecule has 25 heavy (non-hydrogen) atoms. The highest BCUT2D eigenvalue weighted by Gasteiger charge is 2.37. The predicted octanol–water partition coefficient (Wildman–Crippen LogP) is 3.09. The fourth-order valence-electron chi connectivity index (χ4n) is 4.01. The van der Waals surface area contributed by atoms with Gasteiger partial charge in [0.1, 0.15) is 0 Å². The smallest absolute Gasteiger partial charge is 0.239 e. The van der Waals surface area contributed by atoms with Crippen LogP contribution in [0.2, 0.25) is 0 Å². The molecule has 3 rings (SSSR count). The van der Waals surface area contributed by atoms with Crippen molar-refractivity contribution in [3.8, 4) is 0 Å². The van der Waals surface area contributed by atoms with Crippen LogP contribution in [0, 0.1) is 0 Å². The second-order valence-electron chi connectivity index (χ2n) is 7.29. The summed E-state index contributed by atoms with van der Waals surface area (Å²) < 4.78 is 0. The van der Waals surface area contributed by atoms with E-state index < -0.39 is 0 Å². The Bertz CT molecular complexity index is 531. The highest BCUT2D eigenvalue weighted by atomic mass is 35.5. The molecule has 2 saturated heterocycles. The highest BCUT2D eigenvalue weighted by Crippen LogP contribution is 2.29. The second kappa shape index (κ2) is 9.77. The van der Waals surface area contributed by atoms with Crippen LogP contribution in [0.1, 0.15) is 38.2 Å². The van der Waals surface area contributed by atoms with E-state index in [1.807, 2.05) is 44.1 Å². The van der Waals surface area contributed by atoms with Gasteiger partial charge in [-0.25, -0.2) is 0 Å². The number of nitrogens with zero attached hydrogens (tertiary/aromatic N) is 2. The topological polar surface area (TPSA) is 35.6 Å². The van der Waals surface area contributed by atoms with E-state index in [1.165, 1.54) is 18.4 Å². The zero-order chi connectivity index (χ0) is 16.4. The zero-order valence-corrected chi connectivity index (χ0v) is 17.0. The Morgan fingerprint density at radius 2 is 1.68 bits per heavy atom.